The Labute approximate surface area is 176 Å². The van der Waals surface area contributed by atoms with Crippen LogP contribution < -0.4 is 26.0 Å². The summed E-state index contributed by atoms with van der Waals surface area (Å²) in [5.41, 5.74) is 2.53. The molecule has 2 amide bonds. The Bertz CT molecular complexity index is 928. The van der Waals surface area contributed by atoms with Crippen molar-refractivity contribution in [1.82, 2.24) is 16.0 Å². The molecule has 2 aromatic carbocycles. The molecule has 0 aliphatic carbocycles. The smallest absolute Gasteiger partial charge is 0.251 e. The van der Waals surface area contributed by atoms with E-state index in [1.807, 2.05) is 24.3 Å². The Morgan fingerprint density at radius 1 is 1.13 bits per heavy atom. The van der Waals surface area contributed by atoms with Gasteiger partial charge in [0, 0.05) is 50.3 Å². The van der Waals surface area contributed by atoms with Crippen LogP contribution >= 0.6 is 0 Å². The van der Waals surface area contributed by atoms with Gasteiger partial charge in [-0.2, -0.15) is 0 Å². The molecular formula is C22H27N5O3. The zero-order valence-corrected chi connectivity index (χ0v) is 17.2. The number of carbonyl (C=O) groups is 2. The lowest BCUT2D eigenvalue weighted by molar-refractivity contribution is -0.116. The predicted octanol–water partition coefficient (Wildman–Crippen LogP) is 1.72. The highest BCUT2D eigenvalue weighted by Gasteiger charge is 2.24. The van der Waals surface area contributed by atoms with E-state index < -0.39 is 0 Å². The minimum atomic E-state index is -0.163. The van der Waals surface area contributed by atoms with Crippen LogP contribution in [0.15, 0.2) is 53.5 Å². The second kappa shape index (κ2) is 10.3. The lowest BCUT2D eigenvalue weighted by Crippen LogP contribution is -2.43. The summed E-state index contributed by atoms with van der Waals surface area (Å²) >= 11 is 0. The van der Waals surface area contributed by atoms with Gasteiger partial charge in [-0.3, -0.25) is 14.6 Å². The maximum atomic E-state index is 12.2. The quantitative estimate of drug-likeness (QED) is 0.317. The predicted molar refractivity (Wildman–Crippen MR) is 117 cm³/mol. The standard InChI is InChI=1S/C22H27N5O3/c1-23-22(25-11-10-24-21(29)15-6-5-7-17(12-15)30-2)26-14-16-13-20(28)27-19-9-4-3-8-18(16)19/h3-9,12,16H,10-11,13-14H2,1-2H3,(H,24,29)(H,27,28)(H2,23,25,26). The minimum Gasteiger partial charge on any atom is -0.497 e. The van der Waals surface area contributed by atoms with Crippen molar-refractivity contribution in [2.45, 2.75) is 12.3 Å². The molecule has 2 aromatic rings. The van der Waals surface area contributed by atoms with E-state index in [0.717, 1.165) is 11.3 Å². The Balaban J connectivity index is 1.44. The van der Waals surface area contributed by atoms with Crippen LogP contribution in [-0.2, 0) is 4.79 Å². The molecule has 0 saturated heterocycles. The number of methoxy groups -OCH3 is 1. The van der Waals surface area contributed by atoms with E-state index in [0.29, 0.717) is 43.3 Å². The molecular weight excluding hydrogens is 382 g/mol. The molecule has 0 saturated carbocycles. The summed E-state index contributed by atoms with van der Waals surface area (Å²) in [6.45, 7) is 1.53. The molecule has 30 heavy (non-hydrogen) atoms. The number of nitrogens with zero attached hydrogens (tertiary/aromatic N) is 1. The van der Waals surface area contributed by atoms with E-state index in [-0.39, 0.29) is 17.7 Å². The van der Waals surface area contributed by atoms with Crippen LogP contribution in [0.2, 0.25) is 0 Å². The largest absolute Gasteiger partial charge is 0.497 e. The number of aliphatic imine (C=N–C) groups is 1. The van der Waals surface area contributed by atoms with E-state index in [2.05, 4.69) is 26.3 Å². The number of para-hydroxylation sites is 1. The molecule has 1 aliphatic heterocycles. The Morgan fingerprint density at radius 2 is 1.93 bits per heavy atom. The van der Waals surface area contributed by atoms with E-state index in [4.69, 9.17) is 4.74 Å². The maximum Gasteiger partial charge on any atom is 0.251 e. The third-order valence-electron chi connectivity index (χ3n) is 4.88. The lowest BCUT2D eigenvalue weighted by Gasteiger charge is -2.26. The van der Waals surface area contributed by atoms with Gasteiger partial charge in [-0.15, -0.1) is 0 Å². The van der Waals surface area contributed by atoms with Crippen molar-refractivity contribution in [3.8, 4) is 5.75 Å². The topological polar surface area (TPSA) is 104 Å². The number of fused-ring (bicyclic) bond motifs is 1. The molecule has 158 valence electrons. The van der Waals surface area contributed by atoms with E-state index >= 15 is 0 Å². The molecule has 1 heterocycles. The molecule has 4 N–H and O–H groups in total. The SMILES string of the molecule is CN=C(NCCNC(=O)c1cccc(OC)c1)NCC1CC(=O)Nc2ccccc21. The summed E-state index contributed by atoms with van der Waals surface area (Å²) in [4.78, 5) is 28.4. The lowest BCUT2D eigenvalue weighted by atomic mass is 9.90. The Hall–Kier alpha value is -3.55. The molecule has 3 rings (SSSR count). The van der Waals surface area contributed by atoms with Crippen molar-refractivity contribution in [1.29, 1.82) is 0 Å². The number of benzene rings is 2. The van der Waals surface area contributed by atoms with Crippen LogP contribution in [0, 0.1) is 0 Å². The van der Waals surface area contributed by atoms with Gasteiger partial charge in [-0.25, -0.2) is 0 Å². The second-order valence-electron chi connectivity index (χ2n) is 6.90. The highest BCUT2D eigenvalue weighted by atomic mass is 16.5. The molecule has 0 fully saturated rings. The van der Waals surface area contributed by atoms with Gasteiger partial charge >= 0.3 is 0 Å². The second-order valence-corrected chi connectivity index (χ2v) is 6.90. The van der Waals surface area contributed by atoms with Crippen LogP contribution in [0.5, 0.6) is 5.75 Å². The third-order valence-corrected chi connectivity index (χ3v) is 4.88. The number of nitrogens with one attached hydrogen (secondary N) is 4. The summed E-state index contributed by atoms with van der Waals surface area (Å²) < 4.78 is 5.14. The maximum absolute atomic E-state index is 12.2. The van der Waals surface area contributed by atoms with Gasteiger partial charge in [-0.05, 0) is 29.8 Å². The molecule has 1 atom stereocenters. The van der Waals surface area contributed by atoms with Crippen LogP contribution in [0.4, 0.5) is 5.69 Å². The number of anilines is 1. The van der Waals surface area contributed by atoms with Gasteiger partial charge in [0.25, 0.3) is 5.91 Å². The first kappa shape index (κ1) is 21.2. The highest BCUT2D eigenvalue weighted by Crippen LogP contribution is 2.31. The number of ether oxygens (including phenoxy) is 1. The molecule has 8 nitrogen and oxygen atoms in total. The molecule has 0 aromatic heterocycles. The Morgan fingerprint density at radius 3 is 2.73 bits per heavy atom. The van der Waals surface area contributed by atoms with Crippen LogP contribution in [-0.4, -0.2) is 51.6 Å². The number of carbonyl (C=O) groups excluding carboxylic acids is 2. The summed E-state index contributed by atoms with van der Waals surface area (Å²) in [6, 6.07) is 14.8. The first-order valence-corrected chi connectivity index (χ1v) is 9.86. The monoisotopic (exact) mass is 409 g/mol. The van der Waals surface area contributed by atoms with Gasteiger partial charge in [0.1, 0.15) is 5.75 Å². The van der Waals surface area contributed by atoms with Crippen LogP contribution in [0.25, 0.3) is 0 Å². The van der Waals surface area contributed by atoms with Crippen molar-refractivity contribution >= 4 is 23.5 Å². The highest BCUT2D eigenvalue weighted by molar-refractivity contribution is 5.95. The van der Waals surface area contributed by atoms with Crippen molar-refractivity contribution in [3.63, 3.8) is 0 Å². The van der Waals surface area contributed by atoms with E-state index in [9.17, 15) is 9.59 Å². The Kier molecular flexibility index (Phi) is 7.26. The molecule has 8 heteroatoms. The summed E-state index contributed by atoms with van der Waals surface area (Å²) in [6.07, 6.45) is 0.428. The van der Waals surface area contributed by atoms with Gasteiger partial charge in [-0.1, -0.05) is 24.3 Å². The molecule has 0 bridgehead atoms. The first-order chi connectivity index (χ1) is 14.6. The zero-order chi connectivity index (χ0) is 21.3. The summed E-state index contributed by atoms with van der Waals surface area (Å²) in [5.74, 6) is 1.19. The fourth-order valence-electron chi connectivity index (χ4n) is 3.35. The number of amides is 2. The summed E-state index contributed by atoms with van der Waals surface area (Å²) in [7, 11) is 3.25. The number of hydrogen-bond acceptors (Lipinski definition) is 4. The molecule has 1 unspecified atom stereocenters. The van der Waals surface area contributed by atoms with Crippen molar-refractivity contribution in [3.05, 3.63) is 59.7 Å². The van der Waals surface area contributed by atoms with E-state index in [1.54, 1.807) is 38.4 Å². The number of rotatable bonds is 7. The van der Waals surface area contributed by atoms with Gasteiger partial charge < -0.3 is 26.0 Å². The van der Waals surface area contributed by atoms with Crippen LogP contribution in [0.3, 0.4) is 0 Å². The fourth-order valence-corrected chi connectivity index (χ4v) is 3.35. The molecule has 0 radical (unpaired) electrons. The average Bonchev–Trinajstić information content (AvgIpc) is 2.78. The minimum absolute atomic E-state index is 0.0173. The van der Waals surface area contributed by atoms with Crippen molar-refractivity contribution < 1.29 is 14.3 Å². The van der Waals surface area contributed by atoms with Gasteiger partial charge in [0.2, 0.25) is 5.91 Å². The van der Waals surface area contributed by atoms with Crippen LogP contribution in [0.1, 0.15) is 28.3 Å². The first-order valence-electron chi connectivity index (χ1n) is 9.86. The van der Waals surface area contributed by atoms with Gasteiger partial charge in [0.15, 0.2) is 5.96 Å². The number of hydrogen-bond donors (Lipinski definition) is 4. The average molecular weight is 409 g/mol. The molecule has 0 spiro atoms. The third kappa shape index (κ3) is 5.50. The molecule has 1 aliphatic rings. The van der Waals surface area contributed by atoms with Crippen molar-refractivity contribution in [2.75, 3.05) is 39.1 Å². The van der Waals surface area contributed by atoms with Crippen molar-refractivity contribution in [2.24, 2.45) is 4.99 Å². The number of guanidine groups is 1. The zero-order valence-electron chi connectivity index (χ0n) is 17.2. The van der Waals surface area contributed by atoms with E-state index in [1.165, 1.54) is 0 Å². The fraction of sp³-hybridized carbons (Fsp3) is 0.318. The normalized spacial score (nSPS) is 15.6. The summed E-state index contributed by atoms with van der Waals surface area (Å²) in [5, 5.41) is 12.2. The van der Waals surface area contributed by atoms with Gasteiger partial charge in [0.05, 0.1) is 7.11 Å².